The van der Waals surface area contributed by atoms with Gasteiger partial charge in [-0.2, -0.15) is 0 Å². The maximum Gasteiger partial charge on any atom is 0.322 e. The quantitative estimate of drug-likeness (QED) is 0.837. The summed E-state index contributed by atoms with van der Waals surface area (Å²) in [5.74, 6) is 5.82. The maximum atomic E-state index is 12.2. The molecule has 0 unspecified atom stereocenters. The lowest BCUT2D eigenvalue weighted by Gasteiger charge is -2.06. The Labute approximate surface area is 122 Å². The molecule has 108 valence electrons. The molecule has 0 spiro atoms. The Hall–Kier alpha value is -2.65. The van der Waals surface area contributed by atoms with Crippen LogP contribution in [-0.4, -0.2) is 27.8 Å². The number of anilines is 1. The van der Waals surface area contributed by atoms with Gasteiger partial charge in [-0.1, -0.05) is 23.0 Å². The van der Waals surface area contributed by atoms with Crippen LogP contribution in [0.5, 0.6) is 0 Å². The number of nitrogens with one attached hydrogen (secondary N) is 1. The van der Waals surface area contributed by atoms with Crippen LogP contribution in [0.4, 0.5) is 6.01 Å². The lowest BCUT2D eigenvalue weighted by molar-refractivity contribution is 0.102. The third-order valence-corrected chi connectivity index (χ3v) is 2.78. The molecule has 2 aromatic rings. The van der Waals surface area contributed by atoms with Gasteiger partial charge in [0.15, 0.2) is 0 Å². The number of hydrogen-bond acceptors (Lipinski definition) is 5. The Balaban J connectivity index is 2.22. The Bertz CT molecular complexity index is 710. The fourth-order valence-electron chi connectivity index (χ4n) is 1.74. The van der Waals surface area contributed by atoms with Crippen molar-refractivity contribution in [2.24, 2.45) is 0 Å². The first-order valence-electron chi connectivity index (χ1n) is 6.42. The molecule has 0 saturated heterocycles. The number of aliphatic hydroxyl groups excluding tert-OH is 1. The molecule has 0 radical (unpaired) electrons. The largest absolute Gasteiger partial charge is 0.408 e. The lowest BCUT2D eigenvalue weighted by Crippen LogP contribution is -2.14. The summed E-state index contributed by atoms with van der Waals surface area (Å²) in [5.41, 5.74) is 2.00. The van der Waals surface area contributed by atoms with Crippen LogP contribution in [0.25, 0.3) is 0 Å². The van der Waals surface area contributed by atoms with Gasteiger partial charge in [-0.05, 0) is 24.6 Å². The number of amides is 1. The zero-order valence-electron chi connectivity index (χ0n) is 11.8. The van der Waals surface area contributed by atoms with Crippen LogP contribution < -0.4 is 5.32 Å². The molecule has 0 fully saturated rings. The SMILES string of the molecule is Cc1nnc(NC(=O)c2cccc(C#CCCO)c2C)o1. The van der Waals surface area contributed by atoms with Gasteiger partial charge in [0.1, 0.15) is 0 Å². The standard InChI is InChI=1S/C15H15N3O3/c1-10-12(6-3-4-9-19)7-5-8-13(10)14(20)16-15-18-17-11(2)21-15/h5,7-8,19H,4,9H2,1-2H3,(H,16,18,20). The number of carbonyl (C=O) groups excluding carboxylic acids is 1. The third-order valence-electron chi connectivity index (χ3n) is 2.78. The van der Waals surface area contributed by atoms with E-state index >= 15 is 0 Å². The molecule has 0 bridgehead atoms. The highest BCUT2D eigenvalue weighted by Crippen LogP contribution is 2.15. The number of benzene rings is 1. The topological polar surface area (TPSA) is 88.2 Å². The van der Waals surface area contributed by atoms with Gasteiger partial charge >= 0.3 is 6.01 Å². The lowest BCUT2D eigenvalue weighted by atomic mass is 10.0. The minimum Gasteiger partial charge on any atom is -0.408 e. The fourth-order valence-corrected chi connectivity index (χ4v) is 1.74. The van der Waals surface area contributed by atoms with Crippen molar-refractivity contribution in [2.75, 3.05) is 11.9 Å². The van der Waals surface area contributed by atoms with Crippen molar-refractivity contribution in [2.45, 2.75) is 20.3 Å². The molecule has 2 rings (SSSR count). The average Bonchev–Trinajstić information content (AvgIpc) is 2.86. The highest BCUT2D eigenvalue weighted by atomic mass is 16.4. The summed E-state index contributed by atoms with van der Waals surface area (Å²) < 4.78 is 5.12. The second-order valence-corrected chi connectivity index (χ2v) is 4.33. The zero-order chi connectivity index (χ0) is 15.2. The molecule has 0 aliphatic rings. The van der Waals surface area contributed by atoms with Crippen molar-refractivity contribution in [1.82, 2.24) is 10.2 Å². The first-order chi connectivity index (χ1) is 10.1. The van der Waals surface area contributed by atoms with Gasteiger partial charge in [0.2, 0.25) is 5.89 Å². The number of aromatic nitrogens is 2. The van der Waals surface area contributed by atoms with E-state index in [2.05, 4.69) is 27.4 Å². The summed E-state index contributed by atoms with van der Waals surface area (Å²) in [5, 5.41) is 18.6. The van der Waals surface area contributed by atoms with E-state index in [0.29, 0.717) is 17.9 Å². The highest BCUT2D eigenvalue weighted by molar-refractivity contribution is 6.04. The van der Waals surface area contributed by atoms with Crippen LogP contribution in [-0.2, 0) is 0 Å². The summed E-state index contributed by atoms with van der Waals surface area (Å²) in [6, 6.07) is 5.34. The van der Waals surface area contributed by atoms with Gasteiger partial charge in [-0.15, -0.1) is 5.10 Å². The molecule has 0 aliphatic carbocycles. The van der Waals surface area contributed by atoms with Crippen LogP contribution in [0.1, 0.15) is 33.8 Å². The Kier molecular flexibility index (Phi) is 4.69. The highest BCUT2D eigenvalue weighted by Gasteiger charge is 2.13. The van der Waals surface area contributed by atoms with Crippen molar-refractivity contribution in [3.8, 4) is 11.8 Å². The first kappa shape index (κ1) is 14.8. The number of aryl methyl sites for hydroxylation is 1. The van der Waals surface area contributed by atoms with Gasteiger partial charge in [-0.25, -0.2) is 0 Å². The predicted molar refractivity (Wildman–Crippen MR) is 76.7 cm³/mol. The molecule has 6 heteroatoms. The van der Waals surface area contributed by atoms with Gasteiger partial charge in [0.05, 0.1) is 6.61 Å². The van der Waals surface area contributed by atoms with Crippen LogP contribution in [0.2, 0.25) is 0 Å². The molecular formula is C15H15N3O3. The van der Waals surface area contributed by atoms with Crippen molar-refractivity contribution < 1.29 is 14.3 Å². The number of hydrogen-bond donors (Lipinski definition) is 2. The zero-order valence-corrected chi connectivity index (χ0v) is 11.8. The number of aliphatic hydroxyl groups is 1. The predicted octanol–water partition coefficient (Wildman–Crippen LogP) is 1.67. The van der Waals surface area contributed by atoms with Gasteiger partial charge in [0.25, 0.3) is 5.91 Å². The van der Waals surface area contributed by atoms with E-state index in [0.717, 1.165) is 11.1 Å². The van der Waals surface area contributed by atoms with Crippen LogP contribution in [0.15, 0.2) is 22.6 Å². The summed E-state index contributed by atoms with van der Waals surface area (Å²) >= 11 is 0. The van der Waals surface area contributed by atoms with Gasteiger partial charge < -0.3 is 9.52 Å². The van der Waals surface area contributed by atoms with Crippen molar-refractivity contribution in [3.63, 3.8) is 0 Å². The molecule has 1 aromatic carbocycles. The van der Waals surface area contributed by atoms with E-state index < -0.39 is 0 Å². The molecule has 1 aromatic heterocycles. The van der Waals surface area contributed by atoms with Crippen LogP contribution >= 0.6 is 0 Å². The molecule has 1 heterocycles. The smallest absolute Gasteiger partial charge is 0.322 e. The Morgan fingerprint density at radius 1 is 1.38 bits per heavy atom. The molecule has 0 aliphatic heterocycles. The summed E-state index contributed by atoms with van der Waals surface area (Å²) in [4.78, 5) is 12.2. The molecule has 0 saturated carbocycles. The van der Waals surface area contributed by atoms with E-state index in [1.54, 1.807) is 19.1 Å². The number of nitrogens with zero attached hydrogens (tertiary/aromatic N) is 2. The van der Waals surface area contributed by atoms with Crippen LogP contribution in [0.3, 0.4) is 0 Å². The molecule has 1 amide bonds. The van der Waals surface area contributed by atoms with Crippen molar-refractivity contribution >= 4 is 11.9 Å². The van der Waals surface area contributed by atoms with Gasteiger partial charge in [-0.3, -0.25) is 10.1 Å². The van der Waals surface area contributed by atoms with E-state index in [-0.39, 0.29) is 18.5 Å². The number of rotatable bonds is 3. The van der Waals surface area contributed by atoms with Crippen LogP contribution in [0, 0.1) is 25.7 Å². The van der Waals surface area contributed by atoms with E-state index in [9.17, 15) is 4.79 Å². The average molecular weight is 285 g/mol. The van der Waals surface area contributed by atoms with E-state index in [1.807, 2.05) is 13.0 Å². The molecule has 21 heavy (non-hydrogen) atoms. The van der Waals surface area contributed by atoms with Crippen molar-refractivity contribution in [3.05, 3.63) is 40.8 Å². The Morgan fingerprint density at radius 3 is 2.86 bits per heavy atom. The van der Waals surface area contributed by atoms with Gasteiger partial charge in [0, 0.05) is 24.5 Å². The first-order valence-corrected chi connectivity index (χ1v) is 6.42. The summed E-state index contributed by atoms with van der Waals surface area (Å²) in [7, 11) is 0. The molecule has 0 atom stereocenters. The molecule has 2 N–H and O–H groups in total. The number of carbonyl (C=O) groups is 1. The molecular weight excluding hydrogens is 270 g/mol. The maximum absolute atomic E-state index is 12.2. The van der Waals surface area contributed by atoms with Crippen molar-refractivity contribution in [1.29, 1.82) is 0 Å². The van der Waals surface area contributed by atoms with E-state index in [1.165, 1.54) is 0 Å². The summed E-state index contributed by atoms with van der Waals surface area (Å²) in [6.07, 6.45) is 0.400. The van der Waals surface area contributed by atoms with E-state index in [4.69, 9.17) is 9.52 Å². The Morgan fingerprint density at radius 2 is 2.19 bits per heavy atom. The minimum atomic E-state index is -0.332. The fraction of sp³-hybridized carbons (Fsp3) is 0.267. The second kappa shape index (κ2) is 6.68. The monoisotopic (exact) mass is 285 g/mol. The normalized spacial score (nSPS) is 9.86. The molecule has 6 nitrogen and oxygen atoms in total. The third kappa shape index (κ3) is 3.68. The summed E-state index contributed by atoms with van der Waals surface area (Å²) in [6.45, 7) is 3.48. The second-order valence-electron chi connectivity index (χ2n) is 4.33. The minimum absolute atomic E-state index is 0.0166.